The third-order valence-corrected chi connectivity index (χ3v) is 4.40. The molecule has 1 aromatic carbocycles. The second kappa shape index (κ2) is 6.94. The first-order valence-electron chi connectivity index (χ1n) is 7.13. The van der Waals surface area contributed by atoms with E-state index in [0.29, 0.717) is 17.7 Å². The second-order valence-electron chi connectivity index (χ2n) is 4.97. The molecule has 0 bridgehead atoms. The number of benzene rings is 1. The van der Waals surface area contributed by atoms with Crippen LogP contribution in [0.4, 0.5) is 4.39 Å². The molecule has 0 aliphatic carbocycles. The van der Waals surface area contributed by atoms with Gasteiger partial charge in [-0.25, -0.2) is 14.2 Å². The highest BCUT2D eigenvalue weighted by Crippen LogP contribution is 2.39. The van der Waals surface area contributed by atoms with Gasteiger partial charge in [-0.1, -0.05) is 0 Å². The number of fused-ring (bicyclic) bond motifs is 1. The number of carbonyl (C=O) groups is 1. The number of aromatic nitrogens is 1. The van der Waals surface area contributed by atoms with Gasteiger partial charge < -0.3 is 14.6 Å². The van der Waals surface area contributed by atoms with Crippen molar-refractivity contribution < 1.29 is 23.8 Å². The Morgan fingerprint density at radius 1 is 1.33 bits per heavy atom. The van der Waals surface area contributed by atoms with Crippen molar-refractivity contribution in [1.82, 2.24) is 4.98 Å². The molecule has 0 fully saturated rings. The first kappa shape index (κ1) is 16.4. The third kappa shape index (κ3) is 3.08. The largest absolute Gasteiger partial charge is 0.490 e. The molecule has 124 valence electrons. The van der Waals surface area contributed by atoms with Crippen molar-refractivity contribution in [3.8, 4) is 16.9 Å². The molecule has 2 heterocycles. The zero-order chi connectivity index (χ0) is 17.1. The number of pyridine rings is 1. The van der Waals surface area contributed by atoms with Crippen molar-refractivity contribution >= 4 is 27.4 Å². The topological polar surface area (TPSA) is 68.7 Å². The zero-order valence-electron chi connectivity index (χ0n) is 12.8. The molecule has 0 amide bonds. The predicted molar refractivity (Wildman–Crippen MR) is 89.3 cm³/mol. The molecule has 0 spiro atoms. The van der Waals surface area contributed by atoms with E-state index in [-0.39, 0.29) is 18.1 Å². The lowest BCUT2D eigenvalue weighted by molar-refractivity contribution is 0.0691. The summed E-state index contributed by atoms with van der Waals surface area (Å²) in [5.41, 5.74) is 0.834. The first-order chi connectivity index (χ1) is 11.6. The number of hydrogen-bond acceptors (Lipinski definition) is 5. The number of hydrogen-bond donors (Lipinski definition) is 1. The molecule has 3 rings (SSSR count). The Morgan fingerprint density at radius 3 is 2.92 bits per heavy atom. The fourth-order valence-electron chi connectivity index (χ4n) is 2.40. The highest BCUT2D eigenvalue weighted by molar-refractivity contribution is 7.17. The molecule has 5 nitrogen and oxygen atoms in total. The summed E-state index contributed by atoms with van der Waals surface area (Å²) in [7, 11) is 1.54. The minimum Gasteiger partial charge on any atom is -0.490 e. The van der Waals surface area contributed by atoms with Crippen LogP contribution in [0.2, 0.25) is 0 Å². The van der Waals surface area contributed by atoms with Crippen LogP contribution in [-0.4, -0.2) is 36.4 Å². The van der Waals surface area contributed by atoms with Crippen LogP contribution >= 0.6 is 11.3 Å². The third-order valence-electron chi connectivity index (χ3n) is 3.45. The van der Waals surface area contributed by atoms with Gasteiger partial charge in [-0.05, 0) is 23.6 Å². The number of ether oxygens (including phenoxy) is 2. The first-order valence-corrected chi connectivity index (χ1v) is 8.01. The fourth-order valence-corrected chi connectivity index (χ4v) is 3.33. The molecule has 0 saturated heterocycles. The van der Waals surface area contributed by atoms with Crippen LogP contribution < -0.4 is 4.74 Å². The van der Waals surface area contributed by atoms with Crippen molar-refractivity contribution in [2.24, 2.45) is 0 Å². The van der Waals surface area contributed by atoms with E-state index >= 15 is 0 Å². The molecule has 0 unspecified atom stereocenters. The Labute approximate surface area is 141 Å². The van der Waals surface area contributed by atoms with Gasteiger partial charge in [0.05, 0.1) is 6.61 Å². The van der Waals surface area contributed by atoms with E-state index in [4.69, 9.17) is 9.47 Å². The monoisotopic (exact) mass is 347 g/mol. The zero-order valence-corrected chi connectivity index (χ0v) is 13.6. The van der Waals surface area contributed by atoms with Crippen molar-refractivity contribution in [2.45, 2.75) is 0 Å². The number of carboxylic acids is 1. The summed E-state index contributed by atoms with van der Waals surface area (Å²) < 4.78 is 24.9. The summed E-state index contributed by atoms with van der Waals surface area (Å²) in [5.74, 6) is -1.35. The smallest absolute Gasteiger partial charge is 0.355 e. The highest BCUT2D eigenvalue weighted by atomic mass is 32.1. The van der Waals surface area contributed by atoms with Crippen LogP contribution in [0.25, 0.3) is 21.2 Å². The summed E-state index contributed by atoms with van der Waals surface area (Å²) in [5, 5.41) is 12.2. The minimum atomic E-state index is -1.15. The Bertz CT molecular complexity index is 893. The lowest BCUT2D eigenvalue weighted by Gasteiger charge is -2.14. The van der Waals surface area contributed by atoms with Gasteiger partial charge in [0.1, 0.15) is 18.2 Å². The Balaban J connectivity index is 2.21. The van der Waals surface area contributed by atoms with Crippen molar-refractivity contribution in [3.63, 3.8) is 0 Å². The fraction of sp³-hybridized carbons (Fsp3) is 0.176. The van der Waals surface area contributed by atoms with Crippen LogP contribution in [0.15, 0.2) is 35.8 Å². The van der Waals surface area contributed by atoms with Crippen molar-refractivity contribution in [1.29, 1.82) is 0 Å². The molecule has 3 aromatic rings. The SMILES string of the molecule is COCCOc1cc(F)ccc1-c1c(C(=O)O)ncc2ccsc12. The van der Waals surface area contributed by atoms with Crippen LogP contribution in [0.5, 0.6) is 5.75 Å². The number of rotatable bonds is 6. The van der Waals surface area contributed by atoms with Gasteiger partial charge in [-0.3, -0.25) is 0 Å². The summed E-state index contributed by atoms with van der Waals surface area (Å²) in [6.45, 7) is 0.562. The van der Waals surface area contributed by atoms with Crippen molar-refractivity contribution in [3.05, 3.63) is 47.4 Å². The summed E-state index contributed by atoms with van der Waals surface area (Å²) >= 11 is 1.40. The molecule has 24 heavy (non-hydrogen) atoms. The van der Waals surface area contributed by atoms with Gasteiger partial charge in [0.15, 0.2) is 5.69 Å². The molecule has 1 N–H and O–H groups in total. The number of thiophene rings is 1. The summed E-state index contributed by atoms with van der Waals surface area (Å²) in [6, 6.07) is 5.89. The van der Waals surface area contributed by atoms with E-state index in [9.17, 15) is 14.3 Å². The molecular formula is C17H14FNO4S. The van der Waals surface area contributed by atoms with Crippen molar-refractivity contribution in [2.75, 3.05) is 20.3 Å². The van der Waals surface area contributed by atoms with E-state index in [1.54, 1.807) is 0 Å². The normalized spacial score (nSPS) is 10.9. The van der Waals surface area contributed by atoms with E-state index < -0.39 is 11.8 Å². The van der Waals surface area contributed by atoms with E-state index in [2.05, 4.69) is 4.98 Å². The minimum absolute atomic E-state index is 0.0897. The lowest BCUT2D eigenvalue weighted by Crippen LogP contribution is -2.07. The quantitative estimate of drug-likeness (QED) is 0.687. The average Bonchev–Trinajstić information content (AvgIpc) is 3.03. The molecule has 0 aliphatic rings. The van der Waals surface area contributed by atoms with Gasteiger partial charge in [-0.15, -0.1) is 11.3 Å². The maximum atomic E-state index is 13.6. The lowest BCUT2D eigenvalue weighted by atomic mass is 10.0. The van der Waals surface area contributed by atoms with Gasteiger partial charge in [0.25, 0.3) is 0 Å². The average molecular weight is 347 g/mol. The van der Waals surface area contributed by atoms with Crippen LogP contribution in [0.3, 0.4) is 0 Å². The predicted octanol–water partition coefficient (Wildman–Crippen LogP) is 3.83. The molecular weight excluding hydrogens is 333 g/mol. The second-order valence-corrected chi connectivity index (χ2v) is 5.89. The summed E-state index contributed by atoms with van der Waals surface area (Å²) in [4.78, 5) is 15.7. The van der Waals surface area contributed by atoms with Gasteiger partial charge in [0, 0.05) is 40.6 Å². The maximum absolute atomic E-state index is 13.6. The number of methoxy groups -OCH3 is 1. The molecule has 0 saturated carbocycles. The van der Waals surface area contributed by atoms with E-state index in [1.165, 1.54) is 42.8 Å². The molecule has 2 aromatic heterocycles. The van der Waals surface area contributed by atoms with Gasteiger partial charge in [0.2, 0.25) is 0 Å². The number of halogens is 1. The Kier molecular flexibility index (Phi) is 4.73. The van der Waals surface area contributed by atoms with Crippen LogP contribution in [0.1, 0.15) is 10.5 Å². The molecule has 0 radical (unpaired) electrons. The number of carboxylic acid groups (broad SMARTS) is 1. The van der Waals surface area contributed by atoms with Gasteiger partial charge in [-0.2, -0.15) is 0 Å². The molecule has 0 aliphatic heterocycles. The Hall–Kier alpha value is -2.51. The van der Waals surface area contributed by atoms with E-state index in [1.807, 2.05) is 11.4 Å². The van der Waals surface area contributed by atoms with Gasteiger partial charge >= 0.3 is 5.97 Å². The number of aromatic carboxylic acids is 1. The van der Waals surface area contributed by atoms with Crippen LogP contribution in [0, 0.1) is 5.82 Å². The van der Waals surface area contributed by atoms with E-state index in [0.717, 1.165) is 10.1 Å². The highest BCUT2D eigenvalue weighted by Gasteiger charge is 2.21. The molecule has 7 heteroatoms. The maximum Gasteiger partial charge on any atom is 0.355 e. The molecule has 0 atom stereocenters. The Morgan fingerprint density at radius 2 is 2.17 bits per heavy atom. The number of nitrogens with zero attached hydrogens (tertiary/aromatic N) is 1. The van der Waals surface area contributed by atoms with Crippen LogP contribution in [-0.2, 0) is 4.74 Å². The standard InChI is InChI=1S/C17H14FNO4S/c1-22-5-6-23-13-8-11(18)2-3-12(13)14-15(17(20)21)19-9-10-4-7-24-16(10)14/h2-4,7-9H,5-6H2,1H3,(H,20,21). The summed E-state index contributed by atoms with van der Waals surface area (Å²) in [6.07, 6.45) is 1.52.